The SMILES string of the molecule is CCOc1cc2occ(-c3ccc(C)cc3C)c2cc1/C(C)=C/C(=O)Nc1cccc([N+](=O)[O-])c1. The van der Waals surface area contributed by atoms with Gasteiger partial charge in [-0.05, 0) is 56.5 Å². The van der Waals surface area contributed by atoms with Crippen LogP contribution in [0.25, 0.3) is 27.7 Å². The summed E-state index contributed by atoms with van der Waals surface area (Å²) in [7, 11) is 0. The lowest BCUT2D eigenvalue weighted by atomic mass is 9.96. The monoisotopic (exact) mass is 470 g/mol. The van der Waals surface area contributed by atoms with Gasteiger partial charge in [0.15, 0.2) is 0 Å². The Kier molecular flexibility index (Phi) is 6.68. The second-order valence-electron chi connectivity index (χ2n) is 8.37. The maximum atomic E-state index is 12.7. The van der Waals surface area contributed by atoms with Crippen molar-refractivity contribution in [2.75, 3.05) is 11.9 Å². The molecule has 4 rings (SSSR count). The molecule has 0 aliphatic carbocycles. The van der Waals surface area contributed by atoms with Crippen molar-refractivity contribution in [3.8, 4) is 16.9 Å². The molecule has 0 saturated heterocycles. The Morgan fingerprint density at radius 1 is 1.11 bits per heavy atom. The van der Waals surface area contributed by atoms with Gasteiger partial charge in [-0.15, -0.1) is 0 Å². The number of anilines is 1. The maximum Gasteiger partial charge on any atom is 0.271 e. The zero-order chi connectivity index (χ0) is 25.1. The van der Waals surface area contributed by atoms with Gasteiger partial charge in [0.2, 0.25) is 5.91 Å². The Morgan fingerprint density at radius 3 is 2.63 bits per heavy atom. The Balaban J connectivity index is 1.72. The predicted molar refractivity (Wildman–Crippen MR) is 138 cm³/mol. The van der Waals surface area contributed by atoms with E-state index in [1.54, 1.807) is 12.3 Å². The van der Waals surface area contributed by atoms with Gasteiger partial charge in [0.25, 0.3) is 5.69 Å². The molecule has 4 aromatic rings. The molecule has 1 amide bonds. The van der Waals surface area contributed by atoms with Gasteiger partial charge >= 0.3 is 0 Å². The van der Waals surface area contributed by atoms with Crippen molar-refractivity contribution in [3.63, 3.8) is 0 Å². The van der Waals surface area contributed by atoms with Gasteiger partial charge in [0.1, 0.15) is 11.3 Å². The molecule has 0 spiro atoms. The van der Waals surface area contributed by atoms with Crippen LogP contribution < -0.4 is 10.1 Å². The quantitative estimate of drug-likeness (QED) is 0.177. The number of rotatable bonds is 7. The number of nitrogens with one attached hydrogen (secondary N) is 1. The van der Waals surface area contributed by atoms with Crippen LogP contribution in [0.3, 0.4) is 0 Å². The molecule has 1 aromatic heterocycles. The normalized spacial score (nSPS) is 11.5. The van der Waals surface area contributed by atoms with Crippen molar-refractivity contribution in [2.24, 2.45) is 0 Å². The summed E-state index contributed by atoms with van der Waals surface area (Å²) in [5, 5.41) is 14.6. The number of hydrogen-bond acceptors (Lipinski definition) is 5. The molecular formula is C28H26N2O5. The van der Waals surface area contributed by atoms with Gasteiger partial charge in [-0.1, -0.05) is 29.8 Å². The number of aryl methyl sites for hydroxylation is 2. The van der Waals surface area contributed by atoms with Crippen molar-refractivity contribution < 1.29 is 18.9 Å². The summed E-state index contributed by atoms with van der Waals surface area (Å²) in [6.45, 7) is 8.30. The number of nitro groups is 1. The van der Waals surface area contributed by atoms with E-state index in [-0.39, 0.29) is 5.69 Å². The summed E-state index contributed by atoms with van der Waals surface area (Å²) in [6.07, 6.45) is 3.20. The number of non-ortho nitro benzene ring substituents is 1. The number of hydrogen-bond donors (Lipinski definition) is 1. The Labute approximate surface area is 203 Å². The second-order valence-corrected chi connectivity index (χ2v) is 8.37. The smallest absolute Gasteiger partial charge is 0.271 e. The first-order valence-electron chi connectivity index (χ1n) is 11.3. The van der Waals surface area contributed by atoms with E-state index in [0.29, 0.717) is 29.2 Å². The summed E-state index contributed by atoms with van der Waals surface area (Å²) < 4.78 is 11.7. The third kappa shape index (κ3) is 5.09. The molecule has 1 heterocycles. The van der Waals surface area contributed by atoms with Crippen LogP contribution in [0.15, 0.2) is 71.4 Å². The van der Waals surface area contributed by atoms with Gasteiger partial charge in [-0.25, -0.2) is 0 Å². The molecule has 7 nitrogen and oxygen atoms in total. The molecule has 178 valence electrons. The van der Waals surface area contributed by atoms with Crippen molar-refractivity contribution in [1.82, 2.24) is 0 Å². The highest BCUT2D eigenvalue weighted by atomic mass is 16.6. The summed E-state index contributed by atoms with van der Waals surface area (Å²) in [6, 6.07) is 15.9. The maximum absolute atomic E-state index is 12.7. The molecule has 0 saturated carbocycles. The molecule has 0 aliphatic heterocycles. The molecule has 0 bridgehead atoms. The van der Waals surface area contributed by atoms with Crippen LogP contribution in [0, 0.1) is 24.0 Å². The summed E-state index contributed by atoms with van der Waals surface area (Å²) in [5.74, 6) is 0.214. The molecule has 0 fully saturated rings. The van der Waals surface area contributed by atoms with E-state index in [4.69, 9.17) is 9.15 Å². The number of fused-ring (bicyclic) bond motifs is 1. The minimum Gasteiger partial charge on any atom is -0.493 e. The van der Waals surface area contributed by atoms with Crippen molar-refractivity contribution in [2.45, 2.75) is 27.7 Å². The number of allylic oxidation sites excluding steroid dienone is 1. The number of nitrogens with zero attached hydrogens (tertiary/aromatic N) is 1. The largest absolute Gasteiger partial charge is 0.493 e. The van der Waals surface area contributed by atoms with E-state index in [9.17, 15) is 14.9 Å². The molecule has 3 aromatic carbocycles. The molecule has 0 unspecified atom stereocenters. The van der Waals surface area contributed by atoms with Crippen LogP contribution in [-0.2, 0) is 4.79 Å². The molecule has 0 radical (unpaired) electrons. The van der Waals surface area contributed by atoms with Gasteiger partial charge in [0.05, 0.1) is 17.8 Å². The number of ether oxygens (including phenoxy) is 1. The lowest BCUT2D eigenvalue weighted by molar-refractivity contribution is -0.384. The van der Waals surface area contributed by atoms with Gasteiger partial charge in [-0.2, -0.15) is 0 Å². The van der Waals surface area contributed by atoms with E-state index in [0.717, 1.165) is 27.6 Å². The highest BCUT2D eigenvalue weighted by molar-refractivity contribution is 6.05. The number of nitro benzene ring substituents is 1. The van der Waals surface area contributed by atoms with Crippen LogP contribution in [0.5, 0.6) is 5.75 Å². The van der Waals surface area contributed by atoms with Crippen LogP contribution in [0.1, 0.15) is 30.5 Å². The first-order chi connectivity index (χ1) is 16.8. The summed E-state index contributed by atoms with van der Waals surface area (Å²) in [5.41, 5.74) is 6.78. The standard InChI is InChI=1S/C28H26N2O5/c1-5-34-26-15-27-24(25(16-35-27)22-10-9-17(2)11-18(22)3)14-23(26)19(4)12-28(31)29-20-7-6-8-21(13-20)30(32)33/h6-16H,5H2,1-4H3,(H,29,31)/b19-12+. The fraction of sp³-hybridized carbons (Fsp3) is 0.179. The minimum atomic E-state index is -0.501. The van der Waals surface area contributed by atoms with Crippen molar-refractivity contribution in [1.29, 1.82) is 0 Å². The Bertz CT molecular complexity index is 1470. The fourth-order valence-electron chi connectivity index (χ4n) is 4.11. The molecular weight excluding hydrogens is 444 g/mol. The third-order valence-corrected chi connectivity index (χ3v) is 5.74. The third-order valence-electron chi connectivity index (χ3n) is 5.74. The van der Waals surface area contributed by atoms with Gasteiger partial charge < -0.3 is 14.5 Å². The van der Waals surface area contributed by atoms with Crippen LogP contribution in [-0.4, -0.2) is 17.4 Å². The minimum absolute atomic E-state index is 0.0912. The first-order valence-corrected chi connectivity index (χ1v) is 11.3. The Hall–Kier alpha value is -4.39. The summed E-state index contributed by atoms with van der Waals surface area (Å²) in [4.78, 5) is 23.2. The van der Waals surface area contributed by atoms with E-state index in [1.807, 2.05) is 26.0 Å². The number of amides is 1. The van der Waals surface area contributed by atoms with Gasteiger partial charge in [0, 0.05) is 46.5 Å². The van der Waals surface area contributed by atoms with E-state index in [1.165, 1.54) is 29.8 Å². The topological polar surface area (TPSA) is 94.6 Å². The van der Waals surface area contributed by atoms with Crippen molar-refractivity contribution in [3.05, 3.63) is 93.7 Å². The zero-order valence-electron chi connectivity index (χ0n) is 20.0. The summed E-state index contributed by atoms with van der Waals surface area (Å²) >= 11 is 0. The average Bonchev–Trinajstić information content (AvgIpc) is 3.21. The van der Waals surface area contributed by atoms with E-state index in [2.05, 4.69) is 37.4 Å². The first kappa shape index (κ1) is 23.8. The fourth-order valence-corrected chi connectivity index (χ4v) is 4.11. The number of carbonyl (C=O) groups is 1. The van der Waals surface area contributed by atoms with Crippen molar-refractivity contribution >= 4 is 33.8 Å². The Morgan fingerprint density at radius 2 is 1.91 bits per heavy atom. The number of benzene rings is 3. The zero-order valence-corrected chi connectivity index (χ0v) is 20.0. The molecule has 0 aliphatic rings. The predicted octanol–water partition coefficient (Wildman–Crippen LogP) is 7.07. The van der Waals surface area contributed by atoms with Crippen LogP contribution >= 0.6 is 0 Å². The van der Waals surface area contributed by atoms with E-state index >= 15 is 0 Å². The molecule has 0 atom stereocenters. The van der Waals surface area contributed by atoms with Crippen LogP contribution in [0.2, 0.25) is 0 Å². The van der Waals surface area contributed by atoms with Gasteiger partial charge in [-0.3, -0.25) is 14.9 Å². The van der Waals surface area contributed by atoms with E-state index < -0.39 is 10.8 Å². The lowest BCUT2D eigenvalue weighted by Crippen LogP contribution is -2.09. The lowest BCUT2D eigenvalue weighted by Gasteiger charge is -2.12. The highest BCUT2D eigenvalue weighted by Crippen LogP contribution is 2.38. The molecule has 35 heavy (non-hydrogen) atoms. The number of furan rings is 1. The highest BCUT2D eigenvalue weighted by Gasteiger charge is 2.16. The second kappa shape index (κ2) is 9.85. The van der Waals surface area contributed by atoms with Crippen LogP contribution in [0.4, 0.5) is 11.4 Å². The molecule has 7 heteroatoms. The average molecular weight is 471 g/mol. The molecule has 1 N–H and O–H groups in total. The number of carbonyl (C=O) groups excluding carboxylic acids is 1.